The molecule has 0 atom stereocenters. The molecule has 0 bridgehead atoms. The molecule has 0 saturated carbocycles. The van der Waals surface area contributed by atoms with Crippen LogP contribution in [0.3, 0.4) is 0 Å². The second-order valence-corrected chi connectivity index (χ2v) is 15.0. The number of hydrogen-bond acceptors (Lipinski definition) is 3. The van der Waals surface area contributed by atoms with Crippen LogP contribution in [0.2, 0.25) is 0 Å². The molecule has 0 N–H and O–H groups in total. The molecule has 12 rings (SSSR count). The Labute approximate surface area is 307 Å². The van der Waals surface area contributed by atoms with Crippen LogP contribution in [0.1, 0.15) is 0 Å². The molecular formula is C50H28O2S. The molecule has 53 heavy (non-hydrogen) atoms. The lowest BCUT2D eigenvalue weighted by Crippen LogP contribution is -1.91. The molecular weight excluding hydrogens is 665 g/mol. The fourth-order valence-electron chi connectivity index (χ4n) is 8.75. The molecule has 0 unspecified atom stereocenters. The SMILES string of the molecule is c1ccc2cc(-c3coc4ccc5c6ccc(-c7c8ccccc8c(-c8cccc9c8sc8ccccc89)c8ccccc78)cc6oc5c34)ccc2c1. The van der Waals surface area contributed by atoms with Gasteiger partial charge in [0.2, 0.25) is 0 Å². The minimum Gasteiger partial charge on any atom is -0.464 e. The van der Waals surface area contributed by atoms with E-state index in [-0.39, 0.29) is 0 Å². The predicted octanol–water partition coefficient (Wildman–Crippen LogP) is 15.2. The normalized spacial score (nSPS) is 12.2. The van der Waals surface area contributed by atoms with Crippen LogP contribution in [0.5, 0.6) is 0 Å². The number of hydrogen-bond donors (Lipinski definition) is 0. The van der Waals surface area contributed by atoms with Crippen LogP contribution in [0.25, 0.3) is 119 Å². The monoisotopic (exact) mass is 692 g/mol. The standard InChI is InChI=1S/C50H28O2S/c1-2-11-30-26-31(21-20-29(30)10-1)42-28-51-43-25-24-39-33-23-22-32(27-44(33)52-49(39)48(42)43)46-35-13-3-5-15-37(35)47(38-16-6-4-14-36(38)46)41-18-9-17-40-34-12-7-8-19-45(34)53-50(40)41/h1-28H. The molecule has 0 amide bonds. The van der Waals surface area contributed by atoms with Crippen molar-refractivity contribution < 1.29 is 8.83 Å². The second-order valence-electron chi connectivity index (χ2n) is 14.0. The van der Waals surface area contributed by atoms with Crippen LogP contribution in [0, 0.1) is 0 Å². The molecule has 2 nitrogen and oxygen atoms in total. The summed E-state index contributed by atoms with van der Waals surface area (Å²) in [5, 5.41) is 13.2. The van der Waals surface area contributed by atoms with Gasteiger partial charge in [-0.1, -0.05) is 127 Å². The van der Waals surface area contributed by atoms with Gasteiger partial charge in [0.25, 0.3) is 0 Å². The first-order valence-electron chi connectivity index (χ1n) is 18.0. The highest BCUT2D eigenvalue weighted by atomic mass is 32.1. The Morgan fingerprint density at radius 1 is 0.396 bits per heavy atom. The van der Waals surface area contributed by atoms with Crippen molar-refractivity contribution in [3.8, 4) is 33.4 Å². The Morgan fingerprint density at radius 2 is 1.06 bits per heavy atom. The highest BCUT2D eigenvalue weighted by molar-refractivity contribution is 7.26. The van der Waals surface area contributed by atoms with Gasteiger partial charge in [-0.05, 0) is 91.0 Å². The Balaban J connectivity index is 1.10. The summed E-state index contributed by atoms with van der Waals surface area (Å²) in [5.74, 6) is 0. The van der Waals surface area contributed by atoms with E-state index < -0.39 is 0 Å². The van der Waals surface area contributed by atoms with Gasteiger partial charge in [0, 0.05) is 42.1 Å². The summed E-state index contributed by atoms with van der Waals surface area (Å²) in [6.07, 6.45) is 1.87. The lowest BCUT2D eigenvalue weighted by Gasteiger charge is -2.18. The molecule has 0 aliphatic carbocycles. The third-order valence-electron chi connectivity index (χ3n) is 11.1. The van der Waals surface area contributed by atoms with Gasteiger partial charge in [-0.2, -0.15) is 0 Å². The van der Waals surface area contributed by atoms with Crippen LogP contribution in [-0.4, -0.2) is 0 Å². The van der Waals surface area contributed by atoms with Crippen LogP contribution in [0.4, 0.5) is 0 Å². The predicted molar refractivity (Wildman–Crippen MR) is 225 cm³/mol. The first-order chi connectivity index (χ1) is 26.3. The summed E-state index contributed by atoms with van der Waals surface area (Å²) in [6, 6.07) is 59.3. The Bertz CT molecular complexity index is 3410. The first kappa shape index (κ1) is 29.0. The van der Waals surface area contributed by atoms with Crippen molar-refractivity contribution in [1.29, 1.82) is 0 Å². The van der Waals surface area contributed by atoms with Crippen molar-refractivity contribution >= 4 is 96.7 Å². The third-order valence-corrected chi connectivity index (χ3v) is 12.4. The highest BCUT2D eigenvalue weighted by Crippen LogP contribution is 2.49. The van der Waals surface area contributed by atoms with Crippen molar-refractivity contribution in [2.24, 2.45) is 0 Å². The lowest BCUT2D eigenvalue weighted by atomic mass is 9.85. The van der Waals surface area contributed by atoms with E-state index in [4.69, 9.17) is 8.83 Å². The van der Waals surface area contributed by atoms with E-state index in [9.17, 15) is 0 Å². The molecule has 3 heteroatoms. The molecule has 0 fully saturated rings. The van der Waals surface area contributed by atoms with Gasteiger partial charge >= 0.3 is 0 Å². The second kappa shape index (κ2) is 10.9. The topological polar surface area (TPSA) is 26.3 Å². The van der Waals surface area contributed by atoms with Gasteiger partial charge in [-0.15, -0.1) is 11.3 Å². The van der Waals surface area contributed by atoms with E-state index in [0.717, 1.165) is 49.6 Å². The highest BCUT2D eigenvalue weighted by Gasteiger charge is 2.21. The smallest absolute Gasteiger partial charge is 0.147 e. The van der Waals surface area contributed by atoms with E-state index in [1.165, 1.54) is 69.2 Å². The fourth-order valence-corrected chi connectivity index (χ4v) is 9.98. The maximum Gasteiger partial charge on any atom is 0.147 e. The molecule has 3 heterocycles. The summed E-state index contributed by atoms with van der Waals surface area (Å²) in [4.78, 5) is 0. The summed E-state index contributed by atoms with van der Waals surface area (Å²) in [6.45, 7) is 0. The lowest BCUT2D eigenvalue weighted by molar-refractivity contribution is 0.616. The van der Waals surface area contributed by atoms with E-state index in [2.05, 4.69) is 164 Å². The van der Waals surface area contributed by atoms with Crippen molar-refractivity contribution in [3.63, 3.8) is 0 Å². The Morgan fingerprint density at radius 3 is 1.87 bits per heavy atom. The average Bonchev–Trinajstić information content (AvgIpc) is 3.93. The number of benzene rings is 9. The van der Waals surface area contributed by atoms with E-state index in [0.29, 0.717) is 0 Å². The van der Waals surface area contributed by atoms with Gasteiger partial charge in [0.1, 0.15) is 16.7 Å². The van der Waals surface area contributed by atoms with Crippen molar-refractivity contribution in [3.05, 3.63) is 170 Å². The van der Waals surface area contributed by atoms with Crippen LogP contribution in [0.15, 0.2) is 179 Å². The van der Waals surface area contributed by atoms with Crippen molar-refractivity contribution in [2.45, 2.75) is 0 Å². The minimum absolute atomic E-state index is 0.821. The fraction of sp³-hybridized carbons (Fsp3) is 0. The Kier molecular flexibility index (Phi) is 5.96. The zero-order valence-electron chi connectivity index (χ0n) is 28.4. The molecule has 0 spiro atoms. The quantitative estimate of drug-likeness (QED) is 0.172. The average molecular weight is 693 g/mol. The largest absolute Gasteiger partial charge is 0.464 e. The van der Waals surface area contributed by atoms with Gasteiger partial charge < -0.3 is 8.83 Å². The third kappa shape index (κ3) is 4.14. The molecule has 0 radical (unpaired) electrons. The van der Waals surface area contributed by atoms with Gasteiger partial charge in [0.05, 0.1) is 11.6 Å². The van der Waals surface area contributed by atoms with E-state index in [1.807, 2.05) is 17.6 Å². The molecule has 12 aromatic rings. The van der Waals surface area contributed by atoms with Crippen LogP contribution >= 0.6 is 11.3 Å². The summed E-state index contributed by atoms with van der Waals surface area (Å²) >= 11 is 1.89. The molecule has 246 valence electrons. The first-order valence-corrected chi connectivity index (χ1v) is 18.8. The molecule has 0 saturated heterocycles. The van der Waals surface area contributed by atoms with Crippen LogP contribution < -0.4 is 0 Å². The van der Waals surface area contributed by atoms with Gasteiger partial charge in [-0.25, -0.2) is 0 Å². The maximum absolute atomic E-state index is 6.87. The number of thiophene rings is 1. The number of fused-ring (bicyclic) bond motifs is 11. The van der Waals surface area contributed by atoms with Gasteiger partial charge in [-0.3, -0.25) is 0 Å². The number of rotatable bonds is 3. The zero-order chi connectivity index (χ0) is 34.6. The van der Waals surface area contributed by atoms with Crippen molar-refractivity contribution in [1.82, 2.24) is 0 Å². The number of furan rings is 2. The zero-order valence-corrected chi connectivity index (χ0v) is 29.2. The maximum atomic E-state index is 6.87. The molecule has 0 aliphatic rings. The minimum atomic E-state index is 0.821. The van der Waals surface area contributed by atoms with Crippen LogP contribution in [-0.2, 0) is 0 Å². The summed E-state index contributed by atoms with van der Waals surface area (Å²) < 4.78 is 15.7. The molecule has 9 aromatic carbocycles. The van der Waals surface area contributed by atoms with Crippen molar-refractivity contribution in [2.75, 3.05) is 0 Å². The van der Waals surface area contributed by atoms with E-state index in [1.54, 1.807) is 0 Å². The van der Waals surface area contributed by atoms with E-state index >= 15 is 0 Å². The Hall–Kier alpha value is -6.68. The van der Waals surface area contributed by atoms with Gasteiger partial charge in [0.15, 0.2) is 0 Å². The summed E-state index contributed by atoms with van der Waals surface area (Å²) in [7, 11) is 0. The summed E-state index contributed by atoms with van der Waals surface area (Å²) in [5.41, 5.74) is 9.60. The molecule has 3 aromatic heterocycles. The molecule has 0 aliphatic heterocycles.